The van der Waals surface area contributed by atoms with E-state index < -0.39 is 24.1 Å². The standard InChI is InChI=1S/C67H94N14O10/c1-9-52(42-82)81(55-19-10-11-20-55)64(61(39-71-5)77(6)7)73-44-72-58-31-24-50(38-62(58)89-8)57(68)41-80(69)54-29-27-53(28-30-54)79(67(88)91-43-48-22-25-51(26-23-48)75-65(86)59(74-47(3)84)21-15-34-70-4)35-37-90-36-13-12-17-49-18-14-16-46(2)56(49)40-78(45-83)60-32-33-63(85)76-66(60)87/h14,16,18,22-26,31,38-39,41-42,45,52-55,59-60,70,72H,5,9-11,13,15,19-21,27-30,32-37,40,43-44,68-69H2,1-4,6-8H3,(H,74,84)(H,75,86)(H,76,85,87)/b57-41-,61-39+,73-64?/t52-,53?,54?,59+,60?/m1/s1. The smallest absolute Gasteiger partial charge is 0.410 e. The number of imide groups is 1. The van der Waals surface area contributed by atoms with Crippen LogP contribution in [0.25, 0.3) is 5.70 Å². The topological polar surface area (TPSA) is 300 Å². The lowest BCUT2D eigenvalue weighted by atomic mass is 9.90. The molecule has 3 atom stereocenters. The predicted octanol–water partition coefficient (Wildman–Crippen LogP) is 6.14. The van der Waals surface area contributed by atoms with Crippen molar-refractivity contribution in [1.29, 1.82) is 0 Å². The Bertz CT molecular complexity index is 3110. The number of nitrogens with zero attached hydrogens (tertiary/aromatic N) is 7. The van der Waals surface area contributed by atoms with Crippen LogP contribution in [0.1, 0.15) is 132 Å². The number of methoxy groups -OCH3 is 1. The number of amides is 6. The fourth-order valence-electron chi connectivity index (χ4n) is 11.7. The monoisotopic (exact) mass is 1250 g/mol. The number of rotatable bonds is 33. The highest BCUT2D eigenvalue weighted by Crippen LogP contribution is 2.32. The zero-order chi connectivity index (χ0) is 65.8. The van der Waals surface area contributed by atoms with Crippen molar-refractivity contribution in [1.82, 2.24) is 40.6 Å². The van der Waals surface area contributed by atoms with E-state index in [2.05, 4.69) is 55.0 Å². The molecule has 6 rings (SSSR count). The van der Waals surface area contributed by atoms with Crippen molar-refractivity contribution in [3.8, 4) is 17.6 Å². The lowest BCUT2D eigenvalue weighted by Gasteiger charge is -2.38. The second-order valence-corrected chi connectivity index (χ2v) is 23.2. The molecule has 3 aromatic carbocycles. The molecule has 1 unspecified atom stereocenters. The molecule has 1 aliphatic heterocycles. The number of anilines is 2. The predicted molar refractivity (Wildman–Crippen MR) is 353 cm³/mol. The number of aliphatic imine (C=N–C) groups is 2. The van der Waals surface area contributed by atoms with Crippen LogP contribution < -0.4 is 42.9 Å². The van der Waals surface area contributed by atoms with E-state index in [0.717, 1.165) is 48.8 Å². The van der Waals surface area contributed by atoms with Gasteiger partial charge in [0.2, 0.25) is 30.0 Å². The summed E-state index contributed by atoms with van der Waals surface area (Å²) < 4.78 is 17.9. The first-order valence-corrected chi connectivity index (χ1v) is 31.4. The number of carbonyl (C=O) groups excluding carboxylic acids is 7. The molecule has 2 saturated carbocycles. The van der Waals surface area contributed by atoms with Crippen molar-refractivity contribution in [2.75, 3.05) is 71.9 Å². The van der Waals surface area contributed by atoms with Gasteiger partial charge in [0.1, 0.15) is 37.4 Å². The van der Waals surface area contributed by atoms with Gasteiger partial charge in [-0.1, -0.05) is 61.9 Å². The minimum Gasteiger partial charge on any atom is -0.495 e. The van der Waals surface area contributed by atoms with Crippen LogP contribution in [0, 0.1) is 18.8 Å². The summed E-state index contributed by atoms with van der Waals surface area (Å²) in [6.45, 7) is 10.7. The average Bonchev–Trinajstić information content (AvgIpc) is 3.08. The maximum absolute atomic E-state index is 14.2. The first-order chi connectivity index (χ1) is 43.9. The van der Waals surface area contributed by atoms with Gasteiger partial charge in [-0.25, -0.2) is 15.6 Å². The molecule has 0 bridgehead atoms. The number of carbonyl (C=O) groups is 7. The third kappa shape index (κ3) is 21.2. The molecule has 91 heavy (non-hydrogen) atoms. The minimum atomic E-state index is -0.764. The maximum Gasteiger partial charge on any atom is 0.410 e. The number of hydrazine groups is 1. The van der Waals surface area contributed by atoms with Gasteiger partial charge in [0.15, 0.2) is 5.84 Å². The molecule has 2 aliphatic carbocycles. The van der Waals surface area contributed by atoms with Crippen molar-refractivity contribution in [2.45, 2.75) is 160 Å². The third-order valence-corrected chi connectivity index (χ3v) is 16.7. The molecule has 1 heterocycles. The van der Waals surface area contributed by atoms with Gasteiger partial charge in [-0.05, 0) is 138 Å². The van der Waals surface area contributed by atoms with Crippen LogP contribution in [0.15, 0.2) is 88.7 Å². The summed E-state index contributed by atoms with van der Waals surface area (Å²) in [7, 11) is 7.25. The van der Waals surface area contributed by atoms with E-state index in [4.69, 9.17) is 30.8 Å². The molecule has 0 spiro atoms. The second-order valence-electron chi connectivity index (χ2n) is 23.2. The summed E-state index contributed by atoms with van der Waals surface area (Å²) >= 11 is 0. The van der Waals surface area contributed by atoms with E-state index in [9.17, 15) is 33.6 Å². The van der Waals surface area contributed by atoms with E-state index in [0.29, 0.717) is 110 Å². The number of hydrogen-bond acceptors (Lipinski definition) is 18. The number of nitrogens with two attached hydrogens (primary N) is 2. The van der Waals surface area contributed by atoms with Gasteiger partial charge in [-0.15, -0.1) is 0 Å². The molecule has 24 nitrogen and oxygen atoms in total. The largest absolute Gasteiger partial charge is 0.495 e. The molecule has 1 saturated heterocycles. The first-order valence-electron chi connectivity index (χ1n) is 31.4. The molecule has 6 amide bonds. The van der Waals surface area contributed by atoms with Crippen molar-refractivity contribution < 1.29 is 47.8 Å². The average molecular weight is 1260 g/mol. The van der Waals surface area contributed by atoms with Gasteiger partial charge in [-0.2, -0.15) is 0 Å². The molecule has 3 aromatic rings. The molecular weight excluding hydrogens is 1160 g/mol. The Morgan fingerprint density at radius 2 is 1.69 bits per heavy atom. The van der Waals surface area contributed by atoms with Crippen LogP contribution in [0.3, 0.4) is 0 Å². The molecule has 0 aromatic heterocycles. The Morgan fingerprint density at radius 3 is 2.34 bits per heavy atom. The van der Waals surface area contributed by atoms with E-state index in [1.54, 1.807) is 53.7 Å². The molecule has 3 fully saturated rings. The maximum atomic E-state index is 14.2. The Balaban J connectivity index is 1.10. The van der Waals surface area contributed by atoms with Gasteiger partial charge < -0.3 is 70.6 Å². The fourth-order valence-corrected chi connectivity index (χ4v) is 11.7. The summed E-state index contributed by atoms with van der Waals surface area (Å²) in [5.74, 6) is 12.9. The number of ether oxygens (including phenoxy) is 3. The van der Waals surface area contributed by atoms with Crippen LogP contribution in [0.5, 0.6) is 5.75 Å². The van der Waals surface area contributed by atoms with Crippen LogP contribution in [-0.4, -0.2) is 177 Å². The lowest BCUT2D eigenvalue weighted by Crippen LogP contribution is -2.51. The summed E-state index contributed by atoms with van der Waals surface area (Å²) in [6.07, 6.45) is 13.7. The quantitative estimate of drug-likeness (QED) is 0.00526. The number of aldehydes is 1. The highest BCUT2D eigenvalue weighted by molar-refractivity contribution is 6.01. The number of nitrogens with one attached hydrogen (secondary N) is 5. The Hall–Kier alpha value is -8.79. The van der Waals surface area contributed by atoms with Gasteiger partial charge in [0.05, 0.1) is 49.6 Å². The molecule has 0 radical (unpaired) electrons. The number of hydrogen-bond donors (Lipinski definition) is 7. The van der Waals surface area contributed by atoms with Crippen molar-refractivity contribution in [2.24, 2.45) is 21.6 Å². The van der Waals surface area contributed by atoms with Crippen LogP contribution >= 0.6 is 0 Å². The van der Waals surface area contributed by atoms with Gasteiger partial charge in [0.25, 0.3) is 0 Å². The Morgan fingerprint density at radius 1 is 0.956 bits per heavy atom. The summed E-state index contributed by atoms with van der Waals surface area (Å²) in [4.78, 5) is 105. The third-order valence-electron chi connectivity index (χ3n) is 16.7. The Labute approximate surface area is 535 Å². The van der Waals surface area contributed by atoms with Crippen LogP contribution in [0.4, 0.5) is 16.2 Å². The number of likely N-dealkylation sites (N-methyl/N-ethyl adjacent to an activating group) is 1. The molecule has 24 heteroatoms. The van der Waals surface area contributed by atoms with E-state index >= 15 is 0 Å². The van der Waals surface area contributed by atoms with Crippen LogP contribution in [-0.2, 0) is 51.4 Å². The van der Waals surface area contributed by atoms with Gasteiger partial charge >= 0.3 is 6.09 Å². The van der Waals surface area contributed by atoms with E-state index in [1.165, 1.54) is 11.8 Å². The van der Waals surface area contributed by atoms with Crippen LogP contribution in [0.2, 0.25) is 0 Å². The highest BCUT2D eigenvalue weighted by Gasteiger charge is 2.35. The highest BCUT2D eigenvalue weighted by atomic mass is 16.6. The SMILES string of the molecule is C=N/C=C(\C(=NCNc1ccc(/C(N)=C/N(N)C2CCC(N(CCOCCC#Cc3cccc(C)c3CN(C=O)C3CCC(=O)NC3=O)C(=O)OCc3ccc(NC(=O)[C@H](CCCNC)NC(C)=O)cc3)CC2)cc1OC)N(C1CCCC1)[C@@H](C=O)CC)N(C)C. The minimum absolute atomic E-state index is 0.0332. The molecule has 3 aliphatic rings. The van der Waals surface area contributed by atoms with E-state index in [1.807, 2.05) is 76.3 Å². The van der Waals surface area contributed by atoms with Crippen molar-refractivity contribution in [3.63, 3.8) is 0 Å². The lowest BCUT2D eigenvalue weighted by molar-refractivity contribution is -0.141. The first kappa shape index (κ1) is 71.3. The second kappa shape index (κ2) is 36.8. The van der Waals surface area contributed by atoms with E-state index in [-0.39, 0.29) is 94.3 Å². The van der Waals surface area contributed by atoms with Gasteiger partial charge in [-0.3, -0.25) is 34.3 Å². The zero-order valence-electron chi connectivity index (χ0n) is 54.0. The molecule has 9 N–H and O–H groups in total. The summed E-state index contributed by atoms with van der Waals surface area (Å²) in [5.41, 5.74) is 12.9. The van der Waals surface area contributed by atoms with Gasteiger partial charge in [0, 0.05) is 88.1 Å². The normalized spacial score (nSPS) is 17.7. The van der Waals surface area contributed by atoms with Crippen molar-refractivity contribution in [3.05, 3.63) is 107 Å². The fraction of sp³-hybridized carbons (Fsp3) is 0.507. The Kier molecular flexibility index (Phi) is 28.8. The summed E-state index contributed by atoms with van der Waals surface area (Å²) in [6, 6.07) is 16.3. The number of piperidine rings is 1. The molecule has 492 valence electrons. The number of benzene rings is 3. The van der Waals surface area contributed by atoms with Crippen molar-refractivity contribution >= 4 is 72.0 Å². The number of amidine groups is 1. The zero-order valence-corrected chi connectivity index (χ0v) is 54.0. The molecular formula is C67H94N14O10. The number of aryl methyl sites for hydroxylation is 1. The summed E-state index contributed by atoms with van der Waals surface area (Å²) in [5, 5.41) is 16.0.